The number of carbonyl (C=O) groups is 1. The van der Waals surface area contributed by atoms with Crippen LogP contribution in [0.3, 0.4) is 0 Å². The normalized spacial score (nSPS) is 11.3. The van der Waals surface area contributed by atoms with E-state index in [1.54, 1.807) is 35.7 Å². The largest absolute Gasteiger partial charge is 0.478 e. The van der Waals surface area contributed by atoms with Crippen molar-refractivity contribution in [2.75, 3.05) is 0 Å². The predicted molar refractivity (Wildman–Crippen MR) is 168 cm³/mol. The summed E-state index contributed by atoms with van der Waals surface area (Å²) < 4.78 is 2.26. The van der Waals surface area contributed by atoms with Crippen molar-refractivity contribution >= 4 is 40.5 Å². The molecule has 0 fully saturated rings. The summed E-state index contributed by atoms with van der Waals surface area (Å²) in [5, 5.41) is 20.6. The van der Waals surface area contributed by atoms with Gasteiger partial charge >= 0.3 is 5.97 Å². The number of fused-ring (bicyclic) bond motifs is 1. The second-order valence-electron chi connectivity index (χ2n) is 10.1. The molecular weight excluding hydrogens is 561 g/mol. The lowest BCUT2D eigenvalue weighted by Crippen LogP contribution is -2.08. The van der Waals surface area contributed by atoms with Gasteiger partial charge in [-0.05, 0) is 47.0 Å². The van der Waals surface area contributed by atoms with E-state index in [0.29, 0.717) is 12.1 Å². The third-order valence-corrected chi connectivity index (χ3v) is 8.78. The van der Waals surface area contributed by atoms with Gasteiger partial charge in [-0.25, -0.2) is 9.78 Å². The fourth-order valence-corrected chi connectivity index (χ4v) is 6.59. The SMILES string of the molecule is CC(C)c1nc2c(Sc3ccccc3)nnc(Sc3ccccc3)c2n1Cc1ccc(-c2ccccc2C(=O)O)cc1. The highest BCUT2D eigenvalue weighted by molar-refractivity contribution is 8.00. The number of benzene rings is 4. The van der Waals surface area contributed by atoms with Crippen molar-refractivity contribution in [1.29, 1.82) is 0 Å². The van der Waals surface area contributed by atoms with Crippen LogP contribution in [0, 0.1) is 0 Å². The van der Waals surface area contributed by atoms with Gasteiger partial charge in [0.2, 0.25) is 0 Å². The molecule has 0 aliphatic rings. The Bertz CT molecular complexity index is 1850. The maximum atomic E-state index is 11.8. The topological polar surface area (TPSA) is 80.9 Å². The van der Waals surface area contributed by atoms with Crippen LogP contribution in [0.5, 0.6) is 0 Å². The Hall–Kier alpha value is -4.40. The van der Waals surface area contributed by atoms with Gasteiger partial charge in [-0.3, -0.25) is 0 Å². The lowest BCUT2D eigenvalue weighted by atomic mass is 9.98. The summed E-state index contributed by atoms with van der Waals surface area (Å²) in [6.07, 6.45) is 0. The van der Waals surface area contributed by atoms with Gasteiger partial charge in [0.05, 0.1) is 5.56 Å². The maximum absolute atomic E-state index is 11.8. The van der Waals surface area contributed by atoms with Crippen LogP contribution >= 0.6 is 23.5 Å². The summed E-state index contributed by atoms with van der Waals surface area (Å²) in [4.78, 5) is 19.1. The number of carboxylic acid groups (broad SMARTS) is 1. The smallest absolute Gasteiger partial charge is 0.336 e. The van der Waals surface area contributed by atoms with Gasteiger partial charge in [0.1, 0.15) is 21.9 Å². The van der Waals surface area contributed by atoms with E-state index < -0.39 is 5.97 Å². The molecule has 208 valence electrons. The Morgan fingerprint density at radius 1 is 0.762 bits per heavy atom. The molecule has 0 aliphatic carbocycles. The Morgan fingerprint density at radius 2 is 1.33 bits per heavy atom. The van der Waals surface area contributed by atoms with E-state index in [-0.39, 0.29) is 11.5 Å². The summed E-state index contributed by atoms with van der Waals surface area (Å²) in [6.45, 7) is 4.89. The van der Waals surface area contributed by atoms with E-state index in [1.807, 2.05) is 60.7 Å². The first-order valence-corrected chi connectivity index (χ1v) is 15.3. The first kappa shape index (κ1) is 27.8. The second-order valence-corrected chi connectivity index (χ2v) is 12.2. The standard InChI is InChI=1S/C34H28N4O2S2/c1-22(2)31-35-29-30(38(31)21-23-17-19-24(20-18-23)27-15-9-10-16-28(27)34(39)40)33(42-26-13-7-4-8-14-26)37-36-32(29)41-25-11-5-3-6-12-25/h3-20,22H,21H2,1-2H3,(H,39,40). The highest BCUT2D eigenvalue weighted by Crippen LogP contribution is 2.39. The fraction of sp³-hybridized carbons (Fsp3) is 0.118. The molecule has 0 saturated heterocycles. The minimum atomic E-state index is -0.935. The molecule has 0 unspecified atom stereocenters. The summed E-state index contributed by atoms with van der Waals surface area (Å²) in [6, 6.07) is 35.5. The molecule has 6 aromatic rings. The molecule has 0 aliphatic heterocycles. The van der Waals surface area contributed by atoms with Gasteiger partial charge in [0.15, 0.2) is 5.03 Å². The number of imidazole rings is 1. The number of hydrogen-bond donors (Lipinski definition) is 1. The fourth-order valence-electron chi connectivity index (χ4n) is 4.85. The van der Waals surface area contributed by atoms with Crippen LogP contribution in [0.4, 0.5) is 0 Å². The molecule has 0 bridgehead atoms. The van der Waals surface area contributed by atoms with Gasteiger partial charge in [0.25, 0.3) is 0 Å². The van der Waals surface area contributed by atoms with Gasteiger partial charge in [0, 0.05) is 22.3 Å². The molecule has 1 N–H and O–H groups in total. The molecule has 0 saturated carbocycles. The van der Waals surface area contributed by atoms with Crippen molar-refractivity contribution < 1.29 is 9.90 Å². The predicted octanol–water partition coefficient (Wildman–Crippen LogP) is 8.67. The monoisotopic (exact) mass is 588 g/mol. The molecule has 6 rings (SSSR count). The van der Waals surface area contributed by atoms with Crippen LogP contribution in [-0.2, 0) is 6.54 Å². The van der Waals surface area contributed by atoms with Gasteiger partial charge < -0.3 is 9.67 Å². The van der Waals surface area contributed by atoms with Crippen molar-refractivity contribution in [3.05, 3.63) is 126 Å². The van der Waals surface area contributed by atoms with Crippen molar-refractivity contribution in [2.24, 2.45) is 0 Å². The number of nitrogens with zero attached hydrogens (tertiary/aromatic N) is 4. The van der Waals surface area contributed by atoms with Crippen LogP contribution in [-0.4, -0.2) is 30.8 Å². The molecule has 0 atom stereocenters. The number of carboxylic acids is 1. The Labute approximate surface area is 252 Å². The molecule has 6 nitrogen and oxygen atoms in total. The highest BCUT2D eigenvalue weighted by atomic mass is 32.2. The molecular formula is C34H28N4O2S2. The van der Waals surface area contributed by atoms with E-state index in [9.17, 15) is 9.90 Å². The quantitative estimate of drug-likeness (QED) is 0.181. The maximum Gasteiger partial charge on any atom is 0.336 e. The zero-order valence-electron chi connectivity index (χ0n) is 23.1. The third-order valence-electron chi connectivity index (χ3n) is 6.83. The van der Waals surface area contributed by atoms with Gasteiger partial charge in [-0.15, -0.1) is 10.2 Å². The second kappa shape index (κ2) is 12.2. The third kappa shape index (κ3) is 5.82. The minimum Gasteiger partial charge on any atom is -0.478 e. The zero-order chi connectivity index (χ0) is 29.1. The van der Waals surface area contributed by atoms with Gasteiger partial charge in [-0.2, -0.15) is 0 Å². The van der Waals surface area contributed by atoms with E-state index >= 15 is 0 Å². The molecule has 8 heteroatoms. The van der Waals surface area contributed by atoms with E-state index in [1.165, 1.54) is 0 Å². The number of aromatic carboxylic acids is 1. The highest BCUT2D eigenvalue weighted by Gasteiger charge is 2.23. The lowest BCUT2D eigenvalue weighted by molar-refractivity contribution is 0.0697. The molecule has 0 amide bonds. The molecule has 4 aromatic carbocycles. The molecule has 42 heavy (non-hydrogen) atoms. The van der Waals surface area contributed by atoms with Crippen molar-refractivity contribution in [2.45, 2.75) is 46.2 Å². The van der Waals surface area contributed by atoms with Crippen LogP contribution in [0.2, 0.25) is 0 Å². The molecule has 2 aromatic heterocycles. The molecule has 2 heterocycles. The average Bonchev–Trinajstić information content (AvgIpc) is 3.40. The first-order chi connectivity index (χ1) is 20.5. The lowest BCUT2D eigenvalue weighted by Gasteiger charge is -2.14. The van der Waals surface area contributed by atoms with Crippen LogP contribution in [0.25, 0.3) is 22.2 Å². The summed E-state index contributed by atoms with van der Waals surface area (Å²) in [5.74, 6) is 0.197. The van der Waals surface area contributed by atoms with Crippen molar-refractivity contribution in [3.63, 3.8) is 0 Å². The zero-order valence-corrected chi connectivity index (χ0v) is 24.8. The van der Waals surface area contributed by atoms with E-state index in [4.69, 9.17) is 10.1 Å². The van der Waals surface area contributed by atoms with Crippen LogP contribution in [0.15, 0.2) is 129 Å². The van der Waals surface area contributed by atoms with Crippen molar-refractivity contribution in [1.82, 2.24) is 19.7 Å². The number of rotatable bonds is 9. The molecule has 0 radical (unpaired) electrons. The Morgan fingerprint density at radius 3 is 1.95 bits per heavy atom. The van der Waals surface area contributed by atoms with Crippen molar-refractivity contribution in [3.8, 4) is 11.1 Å². The Balaban J connectivity index is 1.45. The summed E-state index contributed by atoms with van der Waals surface area (Å²) in [5.41, 5.74) is 4.74. The summed E-state index contributed by atoms with van der Waals surface area (Å²) in [7, 11) is 0. The Kier molecular flexibility index (Phi) is 8.08. The van der Waals surface area contributed by atoms with Gasteiger partial charge in [-0.1, -0.05) is 116 Å². The average molecular weight is 589 g/mol. The minimum absolute atomic E-state index is 0.170. The number of hydrogen-bond acceptors (Lipinski definition) is 6. The van der Waals surface area contributed by atoms with Crippen LogP contribution < -0.4 is 0 Å². The first-order valence-electron chi connectivity index (χ1n) is 13.6. The van der Waals surface area contributed by atoms with E-state index in [0.717, 1.165) is 47.8 Å². The molecule has 0 spiro atoms. The summed E-state index contributed by atoms with van der Waals surface area (Å²) >= 11 is 3.16. The van der Waals surface area contributed by atoms with Crippen LogP contribution in [0.1, 0.15) is 41.5 Å². The van der Waals surface area contributed by atoms with E-state index in [2.05, 4.69) is 59.9 Å². The number of aromatic nitrogens is 4.